The number of likely N-dealkylation sites (tertiary alicyclic amines) is 1. The molecular formula is C16H30N4O. The summed E-state index contributed by atoms with van der Waals surface area (Å²) in [7, 11) is 1.73. The van der Waals surface area contributed by atoms with E-state index in [1.54, 1.807) is 7.11 Å². The van der Waals surface area contributed by atoms with Crippen LogP contribution in [0.15, 0.2) is 12.4 Å². The molecule has 2 heterocycles. The molecule has 1 aromatic rings. The van der Waals surface area contributed by atoms with Crippen LogP contribution in [-0.2, 0) is 11.3 Å². The van der Waals surface area contributed by atoms with Crippen LogP contribution >= 0.6 is 0 Å². The zero-order valence-corrected chi connectivity index (χ0v) is 13.7. The van der Waals surface area contributed by atoms with Gasteiger partial charge in [0.05, 0.1) is 6.61 Å². The second-order valence-electron chi connectivity index (χ2n) is 6.18. The van der Waals surface area contributed by atoms with Crippen molar-refractivity contribution in [3.63, 3.8) is 0 Å². The summed E-state index contributed by atoms with van der Waals surface area (Å²) in [6, 6.07) is 1.03. The SMILES string of the molecule is COCC(C)Nc1nccn1CCCN1CCCCC1C. The number of methoxy groups -OCH3 is 1. The molecule has 5 heteroatoms. The standard InChI is InChI=1S/C16H30N4O/c1-14(13-21-3)18-16-17-8-12-20(16)11-6-10-19-9-5-4-7-15(19)2/h8,12,14-15H,4-7,9-11,13H2,1-3H3,(H,17,18). The quantitative estimate of drug-likeness (QED) is 0.800. The first-order valence-electron chi connectivity index (χ1n) is 8.21. The molecule has 0 spiro atoms. The number of ether oxygens (including phenoxy) is 1. The largest absolute Gasteiger partial charge is 0.383 e. The molecule has 0 radical (unpaired) electrons. The van der Waals surface area contributed by atoms with Crippen molar-refractivity contribution in [3.8, 4) is 0 Å². The second kappa shape index (κ2) is 8.39. The second-order valence-corrected chi connectivity index (χ2v) is 6.18. The smallest absolute Gasteiger partial charge is 0.203 e. The van der Waals surface area contributed by atoms with Gasteiger partial charge >= 0.3 is 0 Å². The lowest BCUT2D eigenvalue weighted by atomic mass is 10.0. The molecule has 2 atom stereocenters. The number of anilines is 1. The number of hydrogen-bond acceptors (Lipinski definition) is 4. The van der Waals surface area contributed by atoms with E-state index in [2.05, 4.69) is 39.8 Å². The van der Waals surface area contributed by atoms with Crippen LogP contribution in [0.5, 0.6) is 0 Å². The molecule has 0 aromatic carbocycles. The molecule has 1 aliphatic rings. The van der Waals surface area contributed by atoms with Gasteiger partial charge in [0, 0.05) is 44.7 Å². The average Bonchev–Trinajstić information content (AvgIpc) is 2.88. The summed E-state index contributed by atoms with van der Waals surface area (Å²) in [6.45, 7) is 8.63. The minimum absolute atomic E-state index is 0.276. The molecule has 0 aliphatic carbocycles. The van der Waals surface area contributed by atoms with Crippen molar-refractivity contribution in [1.82, 2.24) is 14.5 Å². The van der Waals surface area contributed by atoms with Gasteiger partial charge in [0.2, 0.25) is 5.95 Å². The normalized spacial score (nSPS) is 21.4. The number of nitrogens with one attached hydrogen (secondary N) is 1. The van der Waals surface area contributed by atoms with E-state index in [4.69, 9.17) is 4.74 Å². The maximum absolute atomic E-state index is 5.16. The zero-order chi connectivity index (χ0) is 15.1. The minimum atomic E-state index is 0.276. The molecule has 1 aliphatic heterocycles. The van der Waals surface area contributed by atoms with Gasteiger partial charge in [0.15, 0.2) is 0 Å². The molecule has 1 aromatic heterocycles. The van der Waals surface area contributed by atoms with Crippen LogP contribution in [0, 0.1) is 0 Å². The van der Waals surface area contributed by atoms with Crippen LogP contribution in [0.25, 0.3) is 0 Å². The van der Waals surface area contributed by atoms with Gasteiger partial charge in [-0.2, -0.15) is 0 Å². The van der Waals surface area contributed by atoms with E-state index >= 15 is 0 Å². The highest BCUT2D eigenvalue weighted by Gasteiger charge is 2.17. The first-order chi connectivity index (χ1) is 10.2. The molecule has 2 unspecified atom stereocenters. The van der Waals surface area contributed by atoms with Crippen molar-refractivity contribution in [2.75, 3.05) is 32.1 Å². The van der Waals surface area contributed by atoms with Crippen LogP contribution in [0.4, 0.5) is 5.95 Å². The summed E-state index contributed by atoms with van der Waals surface area (Å²) in [6.07, 6.45) is 9.20. The number of imidazole rings is 1. The van der Waals surface area contributed by atoms with Crippen molar-refractivity contribution in [2.45, 2.75) is 58.2 Å². The number of piperidine rings is 1. The summed E-state index contributed by atoms with van der Waals surface area (Å²) in [5.41, 5.74) is 0. The van der Waals surface area contributed by atoms with E-state index < -0.39 is 0 Å². The monoisotopic (exact) mass is 294 g/mol. The molecule has 21 heavy (non-hydrogen) atoms. The Hall–Kier alpha value is -1.07. The molecule has 1 saturated heterocycles. The average molecular weight is 294 g/mol. The van der Waals surface area contributed by atoms with E-state index in [9.17, 15) is 0 Å². The predicted octanol–water partition coefficient (Wildman–Crippen LogP) is 2.59. The van der Waals surface area contributed by atoms with Gasteiger partial charge in [0.25, 0.3) is 0 Å². The molecule has 1 fully saturated rings. The third kappa shape index (κ3) is 5.00. The highest BCUT2D eigenvalue weighted by Crippen LogP contribution is 2.17. The molecule has 0 saturated carbocycles. The molecular weight excluding hydrogens is 264 g/mol. The maximum Gasteiger partial charge on any atom is 0.203 e. The van der Waals surface area contributed by atoms with Crippen molar-refractivity contribution in [2.24, 2.45) is 0 Å². The molecule has 120 valence electrons. The van der Waals surface area contributed by atoms with Gasteiger partial charge in [-0.15, -0.1) is 0 Å². The Morgan fingerprint density at radius 3 is 3.05 bits per heavy atom. The van der Waals surface area contributed by atoms with E-state index in [0.717, 1.165) is 18.5 Å². The lowest BCUT2D eigenvalue weighted by Crippen LogP contribution is -2.38. The Balaban J connectivity index is 1.76. The van der Waals surface area contributed by atoms with Crippen molar-refractivity contribution >= 4 is 5.95 Å². The first-order valence-corrected chi connectivity index (χ1v) is 8.21. The maximum atomic E-state index is 5.16. The van der Waals surface area contributed by atoms with E-state index in [0.29, 0.717) is 6.61 Å². The summed E-state index contributed by atoms with van der Waals surface area (Å²) in [5, 5.41) is 3.40. The van der Waals surface area contributed by atoms with Gasteiger partial charge in [-0.1, -0.05) is 6.42 Å². The summed E-state index contributed by atoms with van der Waals surface area (Å²) in [4.78, 5) is 7.03. The molecule has 0 bridgehead atoms. The number of rotatable bonds is 8. The van der Waals surface area contributed by atoms with Gasteiger partial charge in [-0.3, -0.25) is 0 Å². The van der Waals surface area contributed by atoms with E-state index in [1.807, 2.05) is 6.20 Å². The first kappa shape index (κ1) is 16.3. The highest BCUT2D eigenvalue weighted by atomic mass is 16.5. The van der Waals surface area contributed by atoms with Crippen molar-refractivity contribution in [1.29, 1.82) is 0 Å². The fraction of sp³-hybridized carbons (Fsp3) is 0.812. The Morgan fingerprint density at radius 2 is 2.29 bits per heavy atom. The number of aryl methyl sites for hydroxylation is 1. The van der Waals surface area contributed by atoms with Crippen LogP contribution in [-0.4, -0.2) is 53.3 Å². The molecule has 0 amide bonds. The zero-order valence-electron chi connectivity index (χ0n) is 13.7. The van der Waals surface area contributed by atoms with Gasteiger partial charge < -0.3 is 19.5 Å². The highest BCUT2D eigenvalue weighted by molar-refractivity contribution is 5.27. The molecule has 1 N–H and O–H groups in total. The third-order valence-electron chi connectivity index (χ3n) is 4.29. The van der Waals surface area contributed by atoms with Gasteiger partial charge in [0.1, 0.15) is 0 Å². The molecule has 2 rings (SSSR count). The summed E-state index contributed by atoms with van der Waals surface area (Å²) < 4.78 is 7.37. The fourth-order valence-corrected chi connectivity index (χ4v) is 3.08. The Bertz CT molecular complexity index is 407. The Morgan fingerprint density at radius 1 is 1.43 bits per heavy atom. The topological polar surface area (TPSA) is 42.3 Å². The lowest BCUT2D eigenvalue weighted by molar-refractivity contribution is 0.157. The number of hydrogen-bond donors (Lipinski definition) is 1. The van der Waals surface area contributed by atoms with Gasteiger partial charge in [-0.05, 0) is 39.7 Å². The Kier molecular flexibility index (Phi) is 6.51. The number of nitrogens with zero attached hydrogens (tertiary/aromatic N) is 3. The minimum Gasteiger partial charge on any atom is -0.383 e. The van der Waals surface area contributed by atoms with Crippen LogP contribution in [0.2, 0.25) is 0 Å². The van der Waals surface area contributed by atoms with Crippen molar-refractivity contribution in [3.05, 3.63) is 12.4 Å². The predicted molar refractivity (Wildman–Crippen MR) is 86.7 cm³/mol. The summed E-state index contributed by atoms with van der Waals surface area (Å²) in [5.74, 6) is 0.950. The van der Waals surface area contributed by atoms with Crippen LogP contribution in [0.3, 0.4) is 0 Å². The lowest BCUT2D eigenvalue weighted by Gasteiger charge is -2.33. The van der Waals surface area contributed by atoms with E-state index in [1.165, 1.54) is 38.8 Å². The Labute approximate surface area is 128 Å². The van der Waals surface area contributed by atoms with E-state index in [-0.39, 0.29) is 6.04 Å². The third-order valence-corrected chi connectivity index (χ3v) is 4.29. The summed E-state index contributed by atoms with van der Waals surface area (Å²) >= 11 is 0. The van der Waals surface area contributed by atoms with Crippen molar-refractivity contribution < 1.29 is 4.74 Å². The van der Waals surface area contributed by atoms with Crippen LogP contribution < -0.4 is 5.32 Å². The molecule has 5 nitrogen and oxygen atoms in total. The fourth-order valence-electron chi connectivity index (χ4n) is 3.08. The number of aromatic nitrogens is 2. The van der Waals surface area contributed by atoms with Crippen LogP contribution in [0.1, 0.15) is 39.5 Å². The van der Waals surface area contributed by atoms with Gasteiger partial charge in [-0.25, -0.2) is 4.98 Å².